The molecule has 1 heterocycles. The molecular weight excluding hydrogens is 290 g/mol. The fraction of sp³-hybridized carbons (Fsp3) is 0.889. The molecule has 0 aromatic heterocycles. The Bertz CT molecular complexity index is 388. The number of carbonyl (C=O) groups excluding carboxylic acids is 2. The minimum Gasteiger partial charge on any atom is -0.369 e. The molecule has 1 rings (SSSR count). The van der Waals surface area contributed by atoms with Crippen molar-refractivity contribution in [2.24, 2.45) is 23.5 Å². The van der Waals surface area contributed by atoms with E-state index in [2.05, 4.69) is 32.8 Å². The summed E-state index contributed by atoms with van der Waals surface area (Å²) in [6.45, 7) is 7.81. The number of amides is 2. The maximum Gasteiger partial charge on any atom is 0.226 e. The molecule has 134 valence electrons. The maximum absolute atomic E-state index is 13.0. The van der Waals surface area contributed by atoms with Gasteiger partial charge in [-0.2, -0.15) is 0 Å². The first-order valence-electron chi connectivity index (χ1n) is 9.02. The largest absolute Gasteiger partial charge is 0.369 e. The van der Waals surface area contributed by atoms with Crippen molar-refractivity contribution in [2.45, 2.75) is 58.9 Å². The zero-order valence-corrected chi connectivity index (χ0v) is 15.5. The predicted molar refractivity (Wildman–Crippen MR) is 93.8 cm³/mol. The van der Waals surface area contributed by atoms with Gasteiger partial charge in [0.05, 0.1) is 0 Å². The van der Waals surface area contributed by atoms with Crippen LogP contribution in [0.1, 0.15) is 52.9 Å². The van der Waals surface area contributed by atoms with Gasteiger partial charge < -0.3 is 15.5 Å². The van der Waals surface area contributed by atoms with Crippen LogP contribution in [0.3, 0.4) is 0 Å². The topological polar surface area (TPSA) is 66.6 Å². The van der Waals surface area contributed by atoms with E-state index in [9.17, 15) is 9.59 Å². The molecule has 0 radical (unpaired) electrons. The first-order valence-corrected chi connectivity index (χ1v) is 9.02. The Labute approximate surface area is 141 Å². The molecule has 1 aliphatic rings. The van der Waals surface area contributed by atoms with Gasteiger partial charge in [0, 0.05) is 31.0 Å². The Hall–Kier alpha value is -1.10. The van der Waals surface area contributed by atoms with E-state index < -0.39 is 0 Å². The minimum absolute atomic E-state index is 0.133. The van der Waals surface area contributed by atoms with Gasteiger partial charge in [-0.25, -0.2) is 0 Å². The molecule has 2 atom stereocenters. The standard InChI is InChI=1S/C18H35N3O2/c1-6-7-15(17(19)22)16(12-13(2)3)18(23)21-10-8-14(9-11-21)20(4)5/h13-16H,6-12H2,1-5H3,(H2,19,22)/t15-,16+/m0/s1. The van der Waals surface area contributed by atoms with Gasteiger partial charge in [0.15, 0.2) is 0 Å². The molecule has 1 saturated heterocycles. The van der Waals surface area contributed by atoms with Gasteiger partial charge in [0.25, 0.3) is 0 Å². The summed E-state index contributed by atoms with van der Waals surface area (Å²) in [5.74, 6) is -0.408. The molecule has 2 amide bonds. The Morgan fingerprint density at radius 3 is 2.13 bits per heavy atom. The molecule has 0 aromatic rings. The van der Waals surface area contributed by atoms with Crippen molar-refractivity contribution in [3.8, 4) is 0 Å². The molecule has 0 bridgehead atoms. The lowest BCUT2D eigenvalue weighted by Gasteiger charge is -2.38. The van der Waals surface area contributed by atoms with Crippen LogP contribution in [0, 0.1) is 17.8 Å². The average Bonchev–Trinajstić information content (AvgIpc) is 2.49. The van der Waals surface area contributed by atoms with Crippen LogP contribution >= 0.6 is 0 Å². The van der Waals surface area contributed by atoms with Crippen LogP contribution in [-0.2, 0) is 9.59 Å². The second-order valence-electron chi connectivity index (χ2n) is 7.55. The first kappa shape index (κ1) is 19.9. The molecule has 1 fully saturated rings. The number of piperidine rings is 1. The summed E-state index contributed by atoms with van der Waals surface area (Å²) >= 11 is 0. The number of nitrogens with zero attached hydrogens (tertiary/aromatic N) is 2. The molecule has 23 heavy (non-hydrogen) atoms. The van der Waals surface area contributed by atoms with Gasteiger partial charge in [-0.15, -0.1) is 0 Å². The second-order valence-corrected chi connectivity index (χ2v) is 7.55. The number of likely N-dealkylation sites (tertiary alicyclic amines) is 1. The zero-order valence-electron chi connectivity index (χ0n) is 15.5. The van der Waals surface area contributed by atoms with E-state index in [1.165, 1.54) is 0 Å². The fourth-order valence-electron chi connectivity index (χ4n) is 3.63. The van der Waals surface area contributed by atoms with E-state index in [4.69, 9.17) is 5.73 Å². The van der Waals surface area contributed by atoms with Gasteiger partial charge in [0.2, 0.25) is 11.8 Å². The smallest absolute Gasteiger partial charge is 0.226 e. The van der Waals surface area contributed by atoms with Crippen LogP contribution in [0.15, 0.2) is 0 Å². The second kappa shape index (κ2) is 9.26. The van der Waals surface area contributed by atoms with Crippen molar-refractivity contribution in [2.75, 3.05) is 27.2 Å². The minimum atomic E-state index is -0.332. The van der Waals surface area contributed by atoms with Crippen LogP contribution in [0.25, 0.3) is 0 Å². The molecule has 1 aliphatic heterocycles. The third-order valence-electron chi connectivity index (χ3n) is 5.00. The van der Waals surface area contributed by atoms with Crippen LogP contribution in [-0.4, -0.2) is 54.8 Å². The molecule has 0 spiro atoms. The van der Waals surface area contributed by atoms with Gasteiger partial charge in [-0.1, -0.05) is 27.2 Å². The number of hydrogen-bond donors (Lipinski definition) is 1. The zero-order chi connectivity index (χ0) is 17.6. The van der Waals surface area contributed by atoms with Crippen LogP contribution in [0.2, 0.25) is 0 Å². The quantitative estimate of drug-likeness (QED) is 0.743. The normalized spacial score (nSPS) is 19.2. The summed E-state index contributed by atoms with van der Waals surface area (Å²) in [5.41, 5.74) is 5.61. The molecule has 0 unspecified atom stereocenters. The van der Waals surface area contributed by atoms with Crippen LogP contribution in [0.4, 0.5) is 0 Å². The van der Waals surface area contributed by atoms with Gasteiger partial charge in [-0.3, -0.25) is 9.59 Å². The third-order valence-corrected chi connectivity index (χ3v) is 5.00. The van der Waals surface area contributed by atoms with Gasteiger partial charge in [0.1, 0.15) is 0 Å². The Morgan fingerprint density at radius 2 is 1.74 bits per heavy atom. The summed E-state index contributed by atoms with van der Waals surface area (Å²) in [7, 11) is 4.18. The summed E-state index contributed by atoms with van der Waals surface area (Å²) in [6, 6.07) is 0.546. The number of carbonyl (C=O) groups is 2. The fourth-order valence-corrected chi connectivity index (χ4v) is 3.63. The molecule has 5 nitrogen and oxygen atoms in total. The highest BCUT2D eigenvalue weighted by atomic mass is 16.2. The van der Waals surface area contributed by atoms with E-state index in [-0.39, 0.29) is 23.7 Å². The third kappa shape index (κ3) is 5.79. The average molecular weight is 325 g/mol. The highest BCUT2D eigenvalue weighted by Crippen LogP contribution is 2.28. The SMILES string of the molecule is CCC[C@H](C(N)=O)[C@@H](CC(C)C)C(=O)N1CCC(N(C)C)CC1. The molecule has 0 aromatic carbocycles. The van der Waals surface area contributed by atoms with E-state index in [0.29, 0.717) is 18.4 Å². The number of primary amides is 1. The lowest BCUT2D eigenvalue weighted by atomic mass is 9.81. The van der Waals surface area contributed by atoms with E-state index >= 15 is 0 Å². The summed E-state index contributed by atoms with van der Waals surface area (Å²) in [5, 5.41) is 0. The number of rotatable bonds is 8. The Kier molecular flexibility index (Phi) is 8.03. The van der Waals surface area contributed by atoms with E-state index in [1.54, 1.807) is 0 Å². The summed E-state index contributed by atoms with van der Waals surface area (Å²) in [6.07, 6.45) is 4.31. The lowest BCUT2D eigenvalue weighted by Crippen LogP contribution is -2.49. The van der Waals surface area contributed by atoms with Crippen molar-refractivity contribution in [3.05, 3.63) is 0 Å². The molecule has 0 saturated carbocycles. The van der Waals surface area contributed by atoms with Crippen LogP contribution in [0.5, 0.6) is 0 Å². The lowest BCUT2D eigenvalue weighted by molar-refractivity contribution is -0.143. The Morgan fingerprint density at radius 1 is 1.17 bits per heavy atom. The molecule has 0 aliphatic carbocycles. The summed E-state index contributed by atoms with van der Waals surface area (Å²) in [4.78, 5) is 29.1. The van der Waals surface area contributed by atoms with Crippen molar-refractivity contribution >= 4 is 11.8 Å². The number of nitrogens with two attached hydrogens (primary N) is 1. The first-order chi connectivity index (χ1) is 10.8. The van der Waals surface area contributed by atoms with Gasteiger partial charge >= 0.3 is 0 Å². The molecule has 5 heteroatoms. The Balaban J connectivity index is 2.81. The van der Waals surface area contributed by atoms with Gasteiger partial charge in [-0.05, 0) is 45.7 Å². The van der Waals surface area contributed by atoms with E-state index in [1.807, 2.05) is 11.8 Å². The maximum atomic E-state index is 13.0. The van der Waals surface area contributed by atoms with Crippen LogP contribution < -0.4 is 5.73 Å². The predicted octanol–water partition coefficient (Wildman–Crippen LogP) is 2.10. The molecular formula is C18H35N3O2. The van der Waals surface area contributed by atoms with Crippen molar-refractivity contribution in [3.63, 3.8) is 0 Å². The highest BCUT2D eigenvalue weighted by molar-refractivity contribution is 5.87. The number of hydrogen-bond acceptors (Lipinski definition) is 3. The summed E-state index contributed by atoms with van der Waals surface area (Å²) < 4.78 is 0. The van der Waals surface area contributed by atoms with Crippen molar-refractivity contribution in [1.82, 2.24) is 9.80 Å². The van der Waals surface area contributed by atoms with E-state index in [0.717, 1.165) is 38.8 Å². The van der Waals surface area contributed by atoms with Crippen molar-refractivity contribution in [1.29, 1.82) is 0 Å². The van der Waals surface area contributed by atoms with Crippen molar-refractivity contribution < 1.29 is 9.59 Å². The highest BCUT2D eigenvalue weighted by Gasteiger charge is 2.36. The molecule has 2 N–H and O–H groups in total. The monoisotopic (exact) mass is 325 g/mol.